The molecule has 0 atom stereocenters. The van der Waals surface area contributed by atoms with Crippen LogP contribution in [-0.2, 0) is 13.1 Å². The summed E-state index contributed by atoms with van der Waals surface area (Å²) in [6.07, 6.45) is 1.60. The lowest BCUT2D eigenvalue weighted by Gasteiger charge is -2.06. The summed E-state index contributed by atoms with van der Waals surface area (Å²) in [5.74, 6) is 1.29. The van der Waals surface area contributed by atoms with Crippen molar-refractivity contribution >= 4 is 5.69 Å². The molecule has 6 nitrogen and oxygen atoms in total. The molecule has 2 aromatic rings. The maximum Gasteiger partial charge on any atom is 0.273 e. The zero-order valence-electron chi connectivity index (χ0n) is 10.5. The van der Waals surface area contributed by atoms with E-state index in [9.17, 15) is 10.1 Å². The Kier molecular flexibility index (Phi) is 4.15. The Balaban J connectivity index is 2.02. The molecule has 0 radical (unpaired) electrons. The molecule has 100 valence electrons. The zero-order chi connectivity index (χ0) is 13.7. The molecule has 19 heavy (non-hydrogen) atoms. The van der Waals surface area contributed by atoms with Crippen molar-refractivity contribution in [2.45, 2.75) is 13.1 Å². The summed E-state index contributed by atoms with van der Waals surface area (Å²) in [6.45, 7) is 1.07. The Labute approximate surface area is 110 Å². The molecule has 1 heterocycles. The van der Waals surface area contributed by atoms with Crippen molar-refractivity contribution in [2.24, 2.45) is 0 Å². The number of furan rings is 1. The van der Waals surface area contributed by atoms with Gasteiger partial charge in [0.1, 0.15) is 11.5 Å². The van der Waals surface area contributed by atoms with Gasteiger partial charge in [0.15, 0.2) is 0 Å². The number of nitrogens with zero attached hydrogens (tertiary/aromatic N) is 1. The Morgan fingerprint density at radius 3 is 2.84 bits per heavy atom. The van der Waals surface area contributed by atoms with Crippen LogP contribution in [-0.4, -0.2) is 12.0 Å². The SMILES string of the molecule is COc1cc(CNCc2ccco2)cc([N+](=O)[O-])c1. The summed E-state index contributed by atoms with van der Waals surface area (Å²) in [6, 6.07) is 8.37. The minimum atomic E-state index is -0.432. The van der Waals surface area contributed by atoms with Crippen LogP contribution in [0.3, 0.4) is 0 Å². The van der Waals surface area contributed by atoms with Crippen LogP contribution in [0.15, 0.2) is 41.0 Å². The van der Waals surface area contributed by atoms with E-state index in [0.717, 1.165) is 11.3 Å². The van der Waals surface area contributed by atoms with Crippen molar-refractivity contribution in [2.75, 3.05) is 7.11 Å². The van der Waals surface area contributed by atoms with E-state index in [-0.39, 0.29) is 5.69 Å². The maximum atomic E-state index is 10.8. The third-order valence-corrected chi connectivity index (χ3v) is 2.61. The number of non-ortho nitro benzene ring substituents is 1. The number of nitro benzene ring substituents is 1. The lowest BCUT2D eigenvalue weighted by atomic mass is 10.2. The van der Waals surface area contributed by atoms with Gasteiger partial charge in [-0.1, -0.05) is 0 Å². The van der Waals surface area contributed by atoms with E-state index in [2.05, 4.69) is 5.32 Å². The highest BCUT2D eigenvalue weighted by atomic mass is 16.6. The van der Waals surface area contributed by atoms with Crippen molar-refractivity contribution in [1.82, 2.24) is 5.32 Å². The van der Waals surface area contributed by atoms with Gasteiger partial charge >= 0.3 is 0 Å². The van der Waals surface area contributed by atoms with Gasteiger partial charge in [0, 0.05) is 12.6 Å². The standard InChI is InChI=1S/C13H14N2O4/c1-18-13-6-10(5-11(7-13)15(16)17)8-14-9-12-3-2-4-19-12/h2-7,14H,8-9H2,1H3. The number of hydrogen-bond acceptors (Lipinski definition) is 5. The maximum absolute atomic E-state index is 10.8. The molecular weight excluding hydrogens is 248 g/mol. The molecule has 0 unspecified atom stereocenters. The summed E-state index contributed by atoms with van der Waals surface area (Å²) in [5.41, 5.74) is 0.812. The molecule has 1 aromatic carbocycles. The van der Waals surface area contributed by atoms with E-state index in [1.807, 2.05) is 12.1 Å². The van der Waals surface area contributed by atoms with Crippen molar-refractivity contribution < 1.29 is 14.1 Å². The molecule has 6 heteroatoms. The fourth-order valence-corrected chi connectivity index (χ4v) is 1.71. The molecule has 0 aliphatic rings. The summed E-state index contributed by atoms with van der Waals surface area (Å²) in [5, 5.41) is 13.9. The number of ether oxygens (including phenoxy) is 1. The average Bonchev–Trinajstić information content (AvgIpc) is 2.91. The molecule has 1 aromatic heterocycles. The average molecular weight is 262 g/mol. The first-order chi connectivity index (χ1) is 9.19. The monoisotopic (exact) mass is 262 g/mol. The number of benzene rings is 1. The molecule has 0 saturated heterocycles. The number of hydrogen-bond donors (Lipinski definition) is 1. The number of methoxy groups -OCH3 is 1. The first kappa shape index (κ1) is 13.1. The van der Waals surface area contributed by atoms with Crippen molar-refractivity contribution in [3.63, 3.8) is 0 Å². The van der Waals surface area contributed by atoms with Gasteiger partial charge in [-0.3, -0.25) is 10.1 Å². The summed E-state index contributed by atoms with van der Waals surface area (Å²) >= 11 is 0. The molecule has 0 aliphatic carbocycles. The van der Waals surface area contributed by atoms with Gasteiger partial charge < -0.3 is 14.5 Å². The number of nitro groups is 1. The van der Waals surface area contributed by atoms with Gasteiger partial charge in [-0.2, -0.15) is 0 Å². The van der Waals surface area contributed by atoms with Gasteiger partial charge in [0.25, 0.3) is 5.69 Å². The van der Waals surface area contributed by atoms with Crippen LogP contribution < -0.4 is 10.1 Å². The largest absolute Gasteiger partial charge is 0.496 e. The van der Waals surface area contributed by atoms with Crippen molar-refractivity contribution in [3.05, 3.63) is 58.0 Å². The van der Waals surface area contributed by atoms with E-state index in [1.54, 1.807) is 12.3 Å². The second-order valence-corrected chi connectivity index (χ2v) is 3.98. The van der Waals surface area contributed by atoms with Crippen LogP contribution in [0.4, 0.5) is 5.69 Å². The minimum absolute atomic E-state index is 0.0224. The Bertz CT molecular complexity index is 552. The Morgan fingerprint density at radius 2 is 2.21 bits per heavy atom. The molecule has 0 saturated carbocycles. The molecule has 0 bridgehead atoms. The van der Waals surface area contributed by atoms with Crippen LogP contribution >= 0.6 is 0 Å². The van der Waals surface area contributed by atoms with Gasteiger partial charge in [-0.15, -0.1) is 0 Å². The van der Waals surface area contributed by atoms with Gasteiger partial charge in [-0.25, -0.2) is 0 Å². The molecule has 0 fully saturated rings. The molecular formula is C13H14N2O4. The summed E-state index contributed by atoms with van der Waals surface area (Å²) < 4.78 is 10.2. The predicted molar refractivity (Wildman–Crippen MR) is 68.9 cm³/mol. The Morgan fingerprint density at radius 1 is 1.37 bits per heavy atom. The molecule has 2 rings (SSSR count). The summed E-state index contributed by atoms with van der Waals surface area (Å²) in [7, 11) is 1.49. The molecule has 0 spiro atoms. The quantitative estimate of drug-likeness (QED) is 0.639. The van der Waals surface area contributed by atoms with Crippen LogP contribution in [0.25, 0.3) is 0 Å². The second-order valence-electron chi connectivity index (χ2n) is 3.98. The number of rotatable bonds is 6. The predicted octanol–water partition coefficient (Wildman–Crippen LogP) is 2.49. The van der Waals surface area contributed by atoms with E-state index in [0.29, 0.717) is 18.8 Å². The van der Waals surface area contributed by atoms with E-state index >= 15 is 0 Å². The fraction of sp³-hybridized carbons (Fsp3) is 0.231. The van der Waals surface area contributed by atoms with Crippen LogP contribution in [0.1, 0.15) is 11.3 Å². The third kappa shape index (κ3) is 3.56. The van der Waals surface area contributed by atoms with Crippen molar-refractivity contribution in [1.29, 1.82) is 0 Å². The lowest BCUT2D eigenvalue weighted by molar-refractivity contribution is -0.385. The first-order valence-corrected chi connectivity index (χ1v) is 5.74. The van der Waals surface area contributed by atoms with E-state index in [4.69, 9.17) is 9.15 Å². The van der Waals surface area contributed by atoms with Crippen LogP contribution in [0.5, 0.6) is 5.75 Å². The highest BCUT2D eigenvalue weighted by Gasteiger charge is 2.10. The smallest absolute Gasteiger partial charge is 0.273 e. The molecule has 0 amide bonds. The summed E-state index contributed by atoms with van der Waals surface area (Å²) in [4.78, 5) is 10.4. The van der Waals surface area contributed by atoms with E-state index in [1.165, 1.54) is 19.2 Å². The third-order valence-electron chi connectivity index (χ3n) is 2.61. The minimum Gasteiger partial charge on any atom is -0.496 e. The fourth-order valence-electron chi connectivity index (χ4n) is 1.71. The second kappa shape index (κ2) is 6.01. The highest BCUT2D eigenvalue weighted by Crippen LogP contribution is 2.22. The Hall–Kier alpha value is -2.34. The van der Waals surface area contributed by atoms with E-state index < -0.39 is 4.92 Å². The zero-order valence-corrected chi connectivity index (χ0v) is 10.5. The molecule has 1 N–H and O–H groups in total. The van der Waals surface area contributed by atoms with Crippen LogP contribution in [0.2, 0.25) is 0 Å². The molecule has 0 aliphatic heterocycles. The normalized spacial score (nSPS) is 10.4. The number of nitrogens with one attached hydrogen (secondary N) is 1. The lowest BCUT2D eigenvalue weighted by Crippen LogP contribution is -2.12. The van der Waals surface area contributed by atoms with Gasteiger partial charge in [0.05, 0.1) is 30.9 Å². The first-order valence-electron chi connectivity index (χ1n) is 5.74. The highest BCUT2D eigenvalue weighted by molar-refractivity contribution is 5.42. The van der Waals surface area contributed by atoms with Gasteiger partial charge in [0.2, 0.25) is 0 Å². The topological polar surface area (TPSA) is 77.5 Å². The van der Waals surface area contributed by atoms with Crippen LogP contribution in [0, 0.1) is 10.1 Å². The van der Waals surface area contributed by atoms with Crippen molar-refractivity contribution in [3.8, 4) is 5.75 Å². The van der Waals surface area contributed by atoms with Gasteiger partial charge in [-0.05, 0) is 23.8 Å².